The van der Waals surface area contributed by atoms with Crippen molar-refractivity contribution in [2.24, 2.45) is 0 Å². The van der Waals surface area contributed by atoms with Crippen molar-refractivity contribution in [3.8, 4) is 23.3 Å². The number of anilines is 1. The lowest BCUT2D eigenvalue weighted by molar-refractivity contribution is -0.112. The van der Waals surface area contributed by atoms with Crippen molar-refractivity contribution in [2.75, 3.05) is 19.2 Å². The molecule has 126 valence electrons. The summed E-state index contributed by atoms with van der Waals surface area (Å²) in [5.41, 5.74) is 1.07. The Kier molecular flexibility index (Phi) is 4.91. The Hall–Kier alpha value is -2.98. The second-order valence-corrected chi connectivity index (χ2v) is 5.91. The molecule has 6 nitrogen and oxygen atoms in total. The first-order chi connectivity index (χ1) is 12.1. The van der Waals surface area contributed by atoms with Crippen LogP contribution >= 0.6 is 15.9 Å². The van der Waals surface area contributed by atoms with Crippen molar-refractivity contribution in [1.29, 1.82) is 5.26 Å². The van der Waals surface area contributed by atoms with Gasteiger partial charge in [-0.15, -0.1) is 0 Å². The molecule has 25 heavy (non-hydrogen) atoms. The molecule has 0 saturated heterocycles. The monoisotopic (exact) mass is 400 g/mol. The SMILES string of the molecule is COc1ccccc1NC(=O)C(C#N)=Cc1cc2c(cc1Br)OCO2. The molecule has 1 aliphatic rings. The van der Waals surface area contributed by atoms with E-state index in [2.05, 4.69) is 21.2 Å². The highest BCUT2D eigenvalue weighted by molar-refractivity contribution is 9.10. The van der Waals surface area contributed by atoms with Crippen molar-refractivity contribution in [3.05, 3.63) is 52.0 Å². The molecule has 0 bridgehead atoms. The standard InChI is InChI=1S/C18H13BrN2O4/c1-23-15-5-3-2-4-14(15)21-18(22)12(9-20)6-11-7-16-17(8-13(11)19)25-10-24-16/h2-8H,10H2,1H3,(H,21,22). The number of rotatable bonds is 4. The van der Waals surface area contributed by atoms with Crippen LogP contribution in [0.15, 0.2) is 46.4 Å². The van der Waals surface area contributed by atoms with Gasteiger partial charge in [0.05, 0.1) is 12.8 Å². The normalized spacial score (nSPS) is 12.4. The predicted octanol–water partition coefficient (Wildman–Crippen LogP) is 3.73. The second-order valence-electron chi connectivity index (χ2n) is 5.05. The molecular weight excluding hydrogens is 388 g/mol. The van der Waals surface area contributed by atoms with E-state index < -0.39 is 5.91 Å². The van der Waals surface area contributed by atoms with E-state index in [1.165, 1.54) is 13.2 Å². The first-order valence-corrected chi connectivity index (χ1v) is 8.07. The minimum absolute atomic E-state index is 0.0505. The van der Waals surface area contributed by atoms with Crippen LogP contribution in [0, 0.1) is 11.3 Å². The molecule has 2 aromatic carbocycles. The molecule has 0 saturated carbocycles. The van der Waals surface area contributed by atoms with E-state index in [1.54, 1.807) is 36.4 Å². The summed E-state index contributed by atoms with van der Waals surface area (Å²) >= 11 is 3.41. The van der Waals surface area contributed by atoms with Gasteiger partial charge in [0.2, 0.25) is 6.79 Å². The van der Waals surface area contributed by atoms with Crippen LogP contribution in [0.2, 0.25) is 0 Å². The first-order valence-electron chi connectivity index (χ1n) is 7.27. The maximum Gasteiger partial charge on any atom is 0.266 e. The number of methoxy groups -OCH3 is 1. The maximum absolute atomic E-state index is 12.4. The Morgan fingerprint density at radius 2 is 2.04 bits per heavy atom. The van der Waals surface area contributed by atoms with Gasteiger partial charge in [-0.3, -0.25) is 4.79 Å². The number of amides is 1. The van der Waals surface area contributed by atoms with Crippen LogP contribution in [-0.2, 0) is 4.79 Å². The lowest BCUT2D eigenvalue weighted by Crippen LogP contribution is -2.14. The number of carbonyl (C=O) groups is 1. The molecule has 0 fully saturated rings. The molecule has 1 heterocycles. The van der Waals surface area contributed by atoms with Crippen molar-refractivity contribution in [2.45, 2.75) is 0 Å². The molecule has 1 aliphatic heterocycles. The summed E-state index contributed by atoms with van der Waals surface area (Å²) in [7, 11) is 1.51. The fraction of sp³-hybridized carbons (Fsp3) is 0.111. The molecule has 0 unspecified atom stereocenters. The van der Waals surface area contributed by atoms with Gasteiger partial charge in [0.15, 0.2) is 11.5 Å². The summed E-state index contributed by atoms with van der Waals surface area (Å²) in [6.45, 7) is 0.147. The van der Waals surface area contributed by atoms with Gasteiger partial charge in [-0.1, -0.05) is 28.1 Å². The van der Waals surface area contributed by atoms with Gasteiger partial charge in [-0.25, -0.2) is 0 Å². The average molecular weight is 401 g/mol. The largest absolute Gasteiger partial charge is 0.495 e. The Morgan fingerprint density at radius 1 is 1.32 bits per heavy atom. The van der Waals surface area contributed by atoms with Crippen molar-refractivity contribution in [3.63, 3.8) is 0 Å². The van der Waals surface area contributed by atoms with E-state index in [4.69, 9.17) is 14.2 Å². The van der Waals surface area contributed by atoms with Gasteiger partial charge in [-0.2, -0.15) is 5.26 Å². The van der Waals surface area contributed by atoms with Gasteiger partial charge < -0.3 is 19.5 Å². The third-order valence-electron chi connectivity index (χ3n) is 3.51. The average Bonchev–Trinajstić information content (AvgIpc) is 3.06. The molecule has 3 rings (SSSR count). The number of nitriles is 1. The summed E-state index contributed by atoms with van der Waals surface area (Å²) in [4.78, 5) is 12.4. The molecule has 2 aromatic rings. The molecule has 0 atom stereocenters. The number of halogens is 1. The third-order valence-corrected chi connectivity index (χ3v) is 4.20. The van der Waals surface area contributed by atoms with Gasteiger partial charge in [-0.05, 0) is 35.9 Å². The van der Waals surface area contributed by atoms with Crippen LogP contribution in [0.4, 0.5) is 5.69 Å². The molecule has 0 radical (unpaired) electrons. The van der Waals surface area contributed by atoms with E-state index in [1.807, 2.05) is 6.07 Å². The predicted molar refractivity (Wildman–Crippen MR) is 95.5 cm³/mol. The zero-order valence-electron chi connectivity index (χ0n) is 13.2. The number of carbonyl (C=O) groups excluding carboxylic acids is 1. The number of fused-ring (bicyclic) bond motifs is 1. The second kappa shape index (κ2) is 7.28. The van der Waals surface area contributed by atoms with Crippen molar-refractivity contribution in [1.82, 2.24) is 0 Å². The molecule has 7 heteroatoms. The Balaban J connectivity index is 1.88. The van der Waals surface area contributed by atoms with E-state index in [9.17, 15) is 10.1 Å². The topological polar surface area (TPSA) is 80.6 Å². The minimum Gasteiger partial charge on any atom is -0.495 e. The van der Waals surface area contributed by atoms with Crippen molar-refractivity contribution < 1.29 is 19.0 Å². The van der Waals surface area contributed by atoms with E-state index >= 15 is 0 Å². The van der Waals surface area contributed by atoms with Gasteiger partial charge in [0.25, 0.3) is 5.91 Å². The third kappa shape index (κ3) is 3.59. The zero-order chi connectivity index (χ0) is 17.8. The summed E-state index contributed by atoms with van der Waals surface area (Å²) in [6, 6.07) is 12.3. The lowest BCUT2D eigenvalue weighted by Gasteiger charge is -2.09. The van der Waals surface area contributed by atoms with E-state index in [-0.39, 0.29) is 12.4 Å². The number of nitrogens with zero attached hydrogens (tertiary/aromatic N) is 1. The Labute approximate surface area is 152 Å². The quantitative estimate of drug-likeness (QED) is 0.624. The summed E-state index contributed by atoms with van der Waals surface area (Å²) in [6.07, 6.45) is 1.48. The highest BCUT2D eigenvalue weighted by Gasteiger charge is 2.17. The fourth-order valence-electron chi connectivity index (χ4n) is 2.29. The molecule has 1 amide bonds. The van der Waals surface area contributed by atoms with Crippen LogP contribution < -0.4 is 19.5 Å². The molecular formula is C18H13BrN2O4. The van der Waals surface area contributed by atoms with Crippen molar-refractivity contribution >= 4 is 33.6 Å². The lowest BCUT2D eigenvalue weighted by atomic mass is 10.1. The summed E-state index contributed by atoms with van der Waals surface area (Å²) < 4.78 is 16.5. The van der Waals surface area contributed by atoms with E-state index in [0.717, 1.165) is 0 Å². The van der Waals surface area contributed by atoms with Gasteiger partial charge in [0.1, 0.15) is 17.4 Å². The molecule has 0 spiro atoms. The summed E-state index contributed by atoms with van der Waals surface area (Å²) in [5.74, 6) is 1.16. The fourth-order valence-corrected chi connectivity index (χ4v) is 2.72. The number of hydrogen-bond acceptors (Lipinski definition) is 5. The van der Waals surface area contributed by atoms with Crippen LogP contribution in [0.5, 0.6) is 17.2 Å². The van der Waals surface area contributed by atoms with Gasteiger partial charge >= 0.3 is 0 Å². The smallest absolute Gasteiger partial charge is 0.266 e. The highest BCUT2D eigenvalue weighted by atomic mass is 79.9. The van der Waals surface area contributed by atoms with Crippen LogP contribution in [0.25, 0.3) is 6.08 Å². The van der Waals surface area contributed by atoms with E-state index in [0.29, 0.717) is 33.0 Å². The highest BCUT2D eigenvalue weighted by Crippen LogP contribution is 2.37. The minimum atomic E-state index is -0.531. The number of para-hydroxylation sites is 2. The summed E-state index contributed by atoms with van der Waals surface area (Å²) in [5, 5.41) is 12.0. The van der Waals surface area contributed by atoms with Crippen LogP contribution in [-0.4, -0.2) is 19.8 Å². The molecule has 0 aliphatic carbocycles. The number of nitrogens with one attached hydrogen (secondary N) is 1. The number of ether oxygens (including phenoxy) is 3. The maximum atomic E-state index is 12.4. The van der Waals surface area contributed by atoms with Crippen LogP contribution in [0.3, 0.4) is 0 Å². The van der Waals surface area contributed by atoms with Gasteiger partial charge in [0, 0.05) is 4.47 Å². The Bertz CT molecular complexity index is 902. The number of benzene rings is 2. The van der Waals surface area contributed by atoms with Crippen LogP contribution in [0.1, 0.15) is 5.56 Å². The molecule has 0 aromatic heterocycles. The zero-order valence-corrected chi connectivity index (χ0v) is 14.8. The number of hydrogen-bond donors (Lipinski definition) is 1. The Morgan fingerprint density at radius 3 is 2.76 bits per heavy atom. The first kappa shape index (κ1) is 16.9. The molecule has 1 N–H and O–H groups in total.